The van der Waals surface area contributed by atoms with E-state index < -0.39 is 11.9 Å². The van der Waals surface area contributed by atoms with Crippen LogP contribution in [0.1, 0.15) is 47.6 Å². The van der Waals surface area contributed by atoms with Gasteiger partial charge in [-0.2, -0.15) is 0 Å². The molecule has 6 rings (SSSR count). The fourth-order valence-corrected chi connectivity index (χ4v) is 5.08. The number of carbonyl (C=O) groups excluding carboxylic acids is 2. The number of rotatable bonds is 5. The van der Waals surface area contributed by atoms with Crippen molar-refractivity contribution in [3.63, 3.8) is 0 Å². The van der Waals surface area contributed by atoms with Crippen LogP contribution < -0.4 is 21.1 Å². The van der Waals surface area contributed by atoms with E-state index in [0.29, 0.717) is 53.1 Å². The van der Waals surface area contributed by atoms with E-state index in [1.807, 2.05) is 18.2 Å². The molecule has 1 saturated heterocycles. The lowest BCUT2D eigenvalue weighted by Crippen LogP contribution is -2.34. The molecule has 3 aromatic heterocycles. The standard InChI is InChI=1S/C30H26N8O3/c1-19(33-29(40)25-26(31)35-37-18-8-15-32-28(25)37)27-34-22-13-5-9-20(10-6-16-36-17-7-14-23(36)39)24(22)30(41)38(27)21-11-3-2-4-12-21/h2-5,8-9,11-13,15,18-19H,7,14,16-17H2,1H3,(H3,31,33,35,40)/p+1. The summed E-state index contributed by atoms with van der Waals surface area (Å²) >= 11 is 0. The zero-order chi connectivity index (χ0) is 28.5. The predicted molar refractivity (Wildman–Crippen MR) is 152 cm³/mol. The number of likely N-dealkylation sites (tertiary alicyclic amines) is 1. The molecule has 204 valence electrons. The number of anilines is 1. The zero-order valence-corrected chi connectivity index (χ0v) is 22.3. The van der Waals surface area contributed by atoms with Crippen molar-refractivity contribution in [2.24, 2.45) is 0 Å². The molecule has 0 radical (unpaired) electrons. The summed E-state index contributed by atoms with van der Waals surface area (Å²) in [5.74, 6) is 6.27. The topological polar surface area (TPSA) is 143 Å². The number of para-hydroxylation sites is 1. The lowest BCUT2D eigenvalue weighted by Gasteiger charge is -2.19. The Morgan fingerprint density at radius 3 is 2.78 bits per heavy atom. The fraction of sp³-hybridized carbons (Fsp3) is 0.200. The molecule has 2 aromatic carbocycles. The number of hydrogen-bond acceptors (Lipinski definition) is 6. The predicted octanol–water partition coefficient (Wildman–Crippen LogP) is 1.89. The number of nitrogen functional groups attached to an aromatic ring is 1. The maximum absolute atomic E-state index is 14.1. The Hall–Kier alpha value is -5.50. The van der Waals surface area contributed by atoms with E-state index in [-0.39, 0.29) is 22.8 Å². The average Bonchev–Trinajstić information content (AvgIpc) is 3.54. The van der Waals surface area contributed by atoms with E-state index in [0.717, 1.165) is 6.42 Å². The number of benzene rings is 2. The lowest BCUT2D eigenvalue weighted by molar-refractivity contribution is -0.577. The van der Waals surface area contributed by atoms with Crippen LogP contribution >= 0.6 is 0 Å². The summed E-state index contributed by atoms with van der Waals surface area (Å²) in [6, 6.07) is 15.5. The Balaban J connectivity index is 1.42. The van der Waals surface area contributed by atoms with Gasteiger partial charge in [0.05, 0.1) is 29.2 Å². The van der Waals surface area contributed by atoms with E-state index in [9.17, 15) is 14.4 Å². The lowest BCUT2D eigenvalue weighted by atomic mass is 10.1. The summed E-state index contributed by atoms with van der Waals surface area (Å²) < 4.78 is 3.05. The molecule has 1 unspecified atom stereocenters. The van der Waals surface area contributed by atoms with Gasteiger partial charge in [-0.3, -0.25) is 19.0 Å². The highest BCUT2D eigenvalue weighted by atomic mass is 16.2. The summed E-state index contributed by atoms with van der Waals surface area (Å²) in [5, 5.41) is 6.20. The maximum Gasteiger partial charge on any atom is 0.362 e. The SMILES string of the molecule is CC(NC(=O)c1c(N)[nH][n+]2cccnc12)c1nc2cccc(C#CCN3CCCC3=O)c2c(=O)n1-c1ccccc1. The highest BCUT2D eigenvalue weighted by molar-refractivity contribution is 6.03. The molecule has 1 atom stereocenters. The molecule has 0 bridgehead atoms. The van der Waals surface area contributed by atoms with E-state index in [2.05, 4.69) is 27.2 Å². The second kappa shape index (κ2) is 10.6. The van der Waals surface area contributed by atoms with Gasteiger partial charge in [0.25, 0.3) is 11.5 Å². The van der Waals surface area contributed by atoms with Crippen molar-refractivity contribution in [2.45, 2.75) is 25.8 Å². The largest absolute Gasteiger partial charge is 0.382 e. The summed E-state index contributed by atoms with van der Waals surface area (Å²) in [7, 11) is 0. The number of aromatic amines is 1. The molecule has 1 aliphatic heterocycles. The van der Waals surface area contributed by atoms with Crippen molar-refractivity contribution in [1.29, 1.82) is 0 Å². The minimum Gasteiger partial charge on any atom is -0.382 e. The number of fused-ring (bicyclic) bond motifs is 2. The van der Waals surface area contributed by atoms with Crippen molar-refractivity contribution in [3.8, 4) is 17.5 Å². The smallest absolute Gasteiger partial charge is 0.362 e. The van der Waals surface area contributed by atoms with Crippen molar-refractivity contribution < 1.29 is 14.1 Å². The van der Waals surface area contributed by atoms with E-state index in [4.69, 9.17) is 10.7 Å². The first-order valence-electron chi connectivity index (χ1n) is 13.2. The number of H-pyrrole nitrogens is 1. The summed E-state index contributed by atoms with van der Waals surface area (Å²) in [4.78, 5) is 50.3. The van der Waals surface area contributed by atoms with Crippen LogP contribution in [0.5, 0.6) is 0 Å². The number of nitrogens with two attached hydrogens (primary N) is 1. The molecule has 1 fully saturated rings. The van der Waals surface area contributed by atoms with Crippen LogP contribution in [0, 0.1) is 11.8 Å². The number of carbonyl (C=O) groups is 2. The number of aromatic nitrogens is 5. The van der Waals surface area contributed by atoms with E-state index in [1.54, 1.807) is 65.1 Å². The molecule has 0 spiro atoms. The van der Waals surface area contributed by atoms with Gasteiger partial charge in [-0.1, -0.05) is 36.1 Å². The molecule has 41 heavy (non-hydrogen) atoms. The van der Waals surface area contributed by atoms with Gasteiger partial charge in [-0.25, -0.2) is 10.1 Å². The Labute approximate surface area is 234 Å². The van der Waals surface area contributed by atoms with Crippen LogP contribution in [0.15, 0.2) is 71.8 Å². The van der Waals surface area contributed by atoms with Crippen molar-refractivity contribution in [1.82, 2.24) is 29.9 Å². The maximum atomic E-state index is 14.1. The van der Waals surface area contributed by atoms with E-state index in [1.165, 1.54) is 4.57 Å². The zero-order valence-electron chi connectivity index (χ0n) is 22.3. The molecule has 0 aliphatic carbocycles. The van der Waals surface area contributed by atoms with Crippen LogP contribution in [0.3, 0.4) is 0 Å². The molecule has 11 heteroatoms. The molecule has 5 aromatic rings. The molecule has 4 heterocycles. The van der Waals surface area contributed by atoms with E-state index >= 15 is 0 Å². The number of amides is 2. The van der Waals surface area contributed by atoms with Gasteiger partial charge in [-0.05, 0) is 42.6 Å². The van der Waals surface area contributed by atoms with Gasteiger partial charge in [-0.15, -0.1) is 4.52 Å². The number of nitrogens with one attached hydrogen (secondary N) is 2. The first-order chi connectivity index (χ1) is 19.9. The van der Waals surface area contributed by atoms with Gasteiger partial charge in [0, 0.05) is 24.6 Å². The Morgan fingerprint density at radius 1 is 1.17 bits per heavy atom. The minimum absolute atomic E-state index is 0.0924. The van der Waals surface area contributed by atoms with Gasteiger partial charge in [0.1, 0.15) is 18.2 Å². The molecule has 2 amide bonds. The van der Waals surface area contributed by atoms with Crippen LogP contribution in [0.4, 0.5) is 5.82 Å². The van der Waals surface area contributed by atoms with Crippen molar-refractivity contribution in [2.75, 3.05) is 18.8 Å². The second-order valence-corrected chi connectivity index (χ2v) is 9.78. The number of nitrogens with zero attached hydrogens (tertiary/aromatic N) is 5. The summed E-state index contributed by atoms with van der Waals surface area (Å²) in [5.41, 5.74) is 7.93. The number of hydrogen-bond donors (Lipinski definition) is 3. The Morgan fingerprint density at radius 2 is 2.00 bits per heavy atom. The van der Waals surface area contributed by atoms with Gasteiger partial charge >= 0.3 is 5.65 Å². The minimum atomic E-state index is -0.686. The van der Waals surface area contributed by atoms with Crippen LogP contribution in [-0.4, -0.2) is 49.4 Å². The highest BCUT2D eigenvalue weighted by Gasteiger charge is 2.27. The molecular formula is C30H27N8O3+. The third kappa shape index (κ3) is 4.76. The fourth-order valence-electron chi connectivity index (χ4n) is 5.08. The monoisotopic (exact) mass is 547 g/mol. The normalized spacial score (nSPS) is 13.8. The summed E-state index contributed by atoms with van der Waals surface area (Å²) in [6.45, 7) is 2.76. The second-order valence-electron chi connectivity index (χ2n) is 9.78. The van der Waals surface area contributed by atoms with Gasteiger partial charge in [0.15, 0.2) is 11.4 Å². The third-order valence-corrected chi connectivity index (χ3v) is 7.04. The Bertz CT molecular complexity index is 1930. The first kappa shape index (κ1) is 25.8. The van der Waals surface area contributed by atoms with Gasteiger partial charge in [0.2, 0.25) is 5.91 Å². The van der Waals surface area contributed by atoms with Crippen molar-refractivity contribution >= 4 is 34.2 Å². The first-order valence-corrected chi connectivity index (χ1v) is 13.2. The van der Waals surface area contributed by atoms with Crippen LogP contribution in [-0.2, 0) is 4.79 Å². The quantitative estimate of drug-likeness (QED) is 0.227. The molecule has 4 N–H and O–H groups in total. The van der Waals surface area contributed by atoms with Crippen LogP contribution in [0.2, 0.25) is 0 Å². The van der Waals surface area contributed by atoms with Crippen LogP contribution in [0.25, 0.3) is 22.2 Å². The third-order valence-electron chi connectivity index (χ3n) is 7.04. The van der Waals surface area contributed by atoms with Crippen molar-refractivity contribution in [3.05, 3.63) is 94.3 Å². The average molecular weight is 548 g/mol. The molecule has 11 nitrogen and oxygen atoms in total. The molecule has 1 aliphatic rings. The molecular weight excluding hydrogens is 520 g/mol. The summed E-state index contributed by atoms with van der Waals surface area (Å²) in [6.07, 6.45) is 4.66. The Kier molecular flexibility index (Phi) is 6.65. The van der Waals surface area contributed by atoms with Gasteiger partial charge < -0.3 is 16.0 Å². The highest BCUT2D eigenvalue weighted by Crippen LogP contribution is 2.21. The molecule has 0 saturated carbocycles.